The quantitative estimate of drug-likeness (QED) is 0.315. The van der Waals surface area contributed by atoms with Gasteiger partial charge in [-0.05, 0) is 36.8 Å². The maximum atomic E-state index is 12.3. The predicted molar refractivity (Wildman–Crippen MR) is 125 cm³/mol. The first-order valence-corrected chi connectivity index (χ1v) is 10.7. The van der Waals surface area contributed by atoms with E-state index in [4.69, 9.17) is 18.7 Å². The molecule has 0 aliphatic heterocycles. The second-order valence-corrected chi connectivity index (χ2v) is 7.82. The predicted octanol–water partition coefficient (Wildman–Crippen LogP) is 4.65. The van der Waals surface area contributed by atoms with Gasteiger partial charge in [0.1, 0.15) is 28.8 Å². The number of hydrogen-bond donors (Lipinski definition) is 0. The second kappa shape index (κ2) is 10.2. The molecule has 8 heteroatoms. The molecule has 0 spiro atoms. The number of fused-ring (bicyclic) bond motifs is 1. The van der Waals surface area contributed by atoms with Gasteiger partial charge in [-0.25, -0.2) is 0 Å². The normalized spacial score (nSPS) is 10.8. The van der Waals surface area contributed by atoms with Gasteiger partial charge in [0, 0.05) is 30.1 Å². The van der Waals surface area contributed by atoms with Crippen molar-refractivity contribution < 1.29 is 28.3 Å². The SMILES string of the molecule is COc1cc2nccc(Oc3ccc(CC(=O)CC(=O)Cc4cc(C)on4)cc3)c2cc1OC. The fourth-order valence-electron chi connectivity index (χ4n) is 3.61. The molecular formula is C26H24N2O6. The van der Waals surface area contributed by atoms with Gasteiger partial charge in [-0.3, -0.25) is 14.6 Å². The summed E-state index contributed by atoms with van der Waals surface area (Å²) in [4.78, 5) is 28.8. The Morgan fingerprint density at radius 1 is 0.882 bits per heavy atom. The van der Waals surface area contributed by atoms with E-state index in [1.165, 1.54) is 0 Å². The zero-order valence-electron chi connectivity index (χ0n) is 19.2. The molecule has 0 amide bonds. The first-order valence-electron chi connectivity index (χ1n) is 10.7. The molecule has 0 unspecified atom stereocenters. The third-order valence-corrected chi connectivity index (χ3v) is 5.21. The molecule has 0 atom stereocenters. The third-order valence-electron chi connectivity index (χ3n) is 5.21. The summed E-state index contributed by atoms with van der Waals surface area (Å²) >= 11 is 0. The van der Waals surface area contributed by atoms with Gasteiger partial charge in [-0.15, -0.1) is 0 Å². The Balaban J connectivity index is 1.40. The number of carbonyl (C=O) groups is 2. The van der Waals surface area contributed by atoms with E-state index in [-0.39, 0.29) is 30.8 Å². The highest BCUT2D eigenvalue weighted by atomic mass is 16.5. The van der Waals surface area contributed by atoms with Gasteiger partial charge in [0.25, 0.3) is 0 Å². The van der Waals surface area contributed by atoms with Crippen LogP contribution >= 0.6 is 0 Å². The zero-order valence-corrected chi connectivity index (χ0v) is 19.2. The van der Waals surface area contributed by atoms with Crippen LogP contribution in [-0.2, 0) is 22.4 Å². The van der Waals surface area contributed by atoms with Crippen LogP contribution in [0, 0.1) is 6.92 Å². The fourth-order valence-corrected chi connectivity index (χ4v) is 3.61. The molecule has 2 aromatic heterocycles. The third kappa shape index (κ3) is 5.40. The molecular weight excluding hydrogens is 436 g/mol. The van der Waals surface area contributed by atoms with Gasteiger partial charge >= 0.3 is 0 Å². The van der Waals surface area contributed by atoms with Gasteiger partial charge in [0.05, 0.1) is 38.3 Å². The summed E-state index contributed by atoms with van der Waals surface area (Å²) in [6.45, 7) is 1.75. The van der Waals surface area contributed by atoms with Gasteiger partial charge in [-0.2, -0.15) is 0 Å². The Kier molecular flexibility index (Phi) is 6.87. The average Bonchev–Trinajstić information content (AvgIpc) is 3.23. The smallest absolute Gasteiger partial charge is 0.162 e. The number of pyridine rings is 1. The zero-order chi connectivity index (χ0) is 24.1. The molecule has 0 saturated carbocycles. The summed E-state index contributed by atoms with van der Waals surface area (Å²) in [5.41, 5.74) is 2.05. The van der Waals surface area contributed by atoms with Gasteiger partial charge < -0.3 is 18.7 Å². The van der Waals surface area contributed by atoms with Crippen molar-refractivity contribution in [1.29, 1.82) is 0 Å². The molecule has 8 nitrogen and oxygen atoms in total. The van der Waals surface area contributed by atoms with Crippen LogP contribution < -0.4 is 14.2 Å². The Bertz CT molecular complexity index is 1330. The van der Waals surface area contributed by atoms with Crippen LogP contribution in [0.5, 0.6) is 23.0 Å². The molecule has 0 aliphatic rings. The van der Waals surface area contributed by atoms with E-state index in [0.717, 1.165) is 10.9 Å². The number of Topliss-reactive ketones (excluding diaryl/α,β-unsaturated/α-hetero) is 2. The van der Waals surface area contributed by atoms with Crippen LogP contribution in [0.25, 0.3) is 10.9 Å². The Morgan fingerprint density at radius 2 is 1.59 bits per heavy atom. The summed E-state index contributed by atoms with van der Waals surface area (Å²) in [5.74, 6) is 2.68. The maximum Gasteiger partial charge on any atom is 0.162 e. The number of carbonyl (C=O) groups excluding carboxylic acids is 2. The van der Waals surface area contributed by atoms with Crippen LogP contribution in [0.2, 0.25) is 0 Å². The lowest BCUT2D eigenvalue weighted by atomic mass is 10.0. The van der Waals surface area contributed by atoms with Crippen molar-refractivity contribution >= 4 is 22.5 Å². The summed E-state index contributed by atoms with van der Waals surface area (Å²) in [7, 11) is 3.15. The van der Waals surface area contributed by atoms with Crippen LogP contribution in [0.3, 0.4) is 0 Å². The molecule has 34 heavy (non-hydrogen) atoms. The Hall–Kier alpha value is -4.20. The lowest BCUT2D eigenvalue weighted by Crippen LogP contribution is -2.12. The van der Waals surface area contributed by atoms with E-state index in [1.54, 1.807) is 57.7 Å². The van der Waals surface area contributed by atoms with Crippen molar-refractivity contribution in [3.63, 3.8) is 0 Å². The van der Waals surface area contributed by atoms with E-state index < -0.39 is 0 Å². The van der Waals surface area contributed by atoms with Gasteiger partial charge in [0.2, 0.25) is 0 Å². The Labute approximate surface area is 196 Å². The fraction of sp³-hybridized carbons (Fsp3) is 0.231. The topological polar surface area (TPSA) is 101 Å². The highest BCUT2D eigenvalue weighted by Crippen LogP contribution is 2.36. The number of methoxy groups -OCH3 is 2. The van der Waals surface area contributed by atoms with Crippen molar-refractivity contribution in [2.75, 3.05) is 14.2 Å². The molecule has 0 saturated heterocycles. The molecule has 0 fully saturated rings. The molecule has 2 aromatic carbocycles. The van der Waals surface area contributed by atoms with Gasteiger partial charge in [-0.1, -0.05) is 17.3 Å². The lowest BCUT2D eigenvalue weighted by molar-refractivity contribution is -0.126. The van der Waals surface area contributed by atoms with Gasteiger partial charge in [0.15, 0.2) is 11.5 Å². The van der Waals surface area contributed by atoms with Crippen molar-refractivity contribution in [2.45, 2.75) is 26.2 Å². The van der Waals surface area contributed by atoms with Crippen molar-refractivity contribution in [1.82, 2.24) is 10.1 Å². The summed E-state index contributed by atoms with van der Waals surface area (Å²) < 4.78 is 21.7. The minimum Gasteiger partial charge on any atom is -0.493 e. The lowest BCUT2D eigenvalue weighted by Gasteiger charge is -2.12. The molecule has 0 radical (unpaired) electrons. The number of ketones is 2. The van der Waals surface area contributed by atoms with Crippen LogP contribution in [0.15, 0.2) is 59.3 Å². The monoisotopic (exact) mass is 460 g/mol. The number of ether oxygens (including phenoxy) is 3. The van der Waals surface area contributed by atoms with Crippen LogP contribution in [0.4, 0.5) is 0 Å². The van der Waals surface area contributed by atoms with Crippen LogP contribution in [-0.4, -0.2) is 35.9 Å². The number of benzene rings is 2. The second-order valence-electron chi connectivity index (χ2n) is 7.82. The summed E-state index contributed by atoms with van der Waals surface area (Å²) in [5, 5.41) is 4.57. The van der Waals surface area contributed by atoms with E-state index in [0.29, 0.717) is 40.0 Å². The first-order chi connectivity index (χ1) is 16.4. The number of aryl methyl sites for hydroxylation is 1. The number of hydrogen-bond acceptors (Lipinski definition) is 8. The van der Waals surface area contributed by atoms with E-state index >= 15 is 0 Å². The van der Waals surface area contributed by atoms with E-state index in [9.17, 15) is 9.59 Å². The van der Waals surface area contributed by atoms with Crippen LogP contribution in [0.1, 0.15) is 23.4 Å². The maximum absolute atomic E-state index is 12.3. The highest BCUT2D eigenvalue weighted by molar-refractivity contribution is 6.00. The number of aromatic nitrogens is 2. The summed E-state index contributed by atoms with van der Waals surface area (Å²) in [6, 6.07) is 14.3. The first kappa shape index (κ1) is 23.0. The Morgan fingerprint density at radius 3 is 2.26 bits per heavy atom. The molecule has 174 valence electrons. The van der Waals surface area contributed by atoms with Crippen molar-refractivity contribution in [3.8, 4) is 23.0 Å². The highest BCUT2D eigenvalue weighted by Gasteiger charge is 2.14. The molecule has 0 bridgehead atoms. The molecule has 0 N–H and O–H groups in total. The van der Waals surface area contributed by atoms with Crippen molar-refractivity contribution in [3.05, 3.63) is 71.7 Å². The molecule has 0 aliphatic carbocycles. The van der Waals surface area contributed by atoms with E-state index in [2.05, 4.69) is 10.1 Å². The summed E-state index contributed by atoms with van der Waals surface area (Å²) in [6.07, 6.45) is 1.78. The molecule has 4 rings (SSSR count). The van der Waals surface area contributed by atoms with Crippen molar-refractivity contribution in [2.24, 2.45) is 0 Å². The van der Waals surface area contributed by atoms with E-state index in [1.807, 2.05) is 18.2 Å². The minimum absolute atomic E-state index is 0.0897. The number of nitrogens with zero attached hydrogens (tertiary/aromatic N) is 2. The molecule has 2 heterocycles. The molecule has 4 aromatic rings. The number of rotatable bonds is 10. The standard InChI is InChI=1S/C26H24N2O6/c1-16-10-18(28-34-16)12-20(30)13-19(29)11-17-4-6-21(7-5-17)33-24-8-9-27-23-15-26(32-3)25(31-2)14-22(23)24/h4-10,14-15H,11-13H2,1-3H3. The minimum atomic E-state index is -0.185. The largest absolute Gasteiger partial charge is 0.493 e. The average molecular weight is 460 g/mol.